The van der Waals surface area contributed by atoms with Gasteiger partial charge in [-0.15, -0.1) is 12.4 Å². The fourth-order valence-corrected chi connectivity index (χ4v) is 3.96. The number of H-pyrrole nitrogens is 4. The Bertz CT molecular complexity index is 1390. The molecular weight excluding hydrogens is 460 g/mol. The molecule has 0 atom stereocenters. The van der Waals surface area contributed by atoms with E-state index in [9.17, 15) is 14.4 Å². The largest absolute Gasteiger partial charge is 0.493 e. The Balaban J connectivity index is 0.00000324. The number of ether oxygens (including phenoxy) is 2. The zero-order valence-electron chi connectivity index (χ0n) is 19.1. The van der Waals surface area contributed by atoms with Gasteiger partial charge in [0.05, 0.1) is 23.8 Å². The van der Waals surface area contributed by atoms with E-state index in [1.165, 1.54) is 7.11 Å². The molecule has 0 bridgehead atoms. The van der Waals surface area contributed by atoms with Crippen LogP contribution in [0.4, 0.5) is 0 Å². The van der Waals surface area contributed by atoms with E-state index in [2.05, 4.69) is 20.4 Å². The van der Waals surface area contributed by atoms with Crippen molar-refractivity contribution >= 4 is 18.4 Å². The van der Waals surface area contributed by atoms with Crippen LogP contribution in [0.15, 0.2) is 52.1 Å². The normalized spacial score (nSPS) is 10.7. The van der Waals surface area contributed by atoms with E-state index < -0.39 is 11.9 Å². The van der Waals surface area contributed by atoms with E-state index in [0.717, 1.165) is 5.56 Å². The number of carbonyl (C=O) groups is 1. The van der Waals surface area contributed by atoms with Gasteiger partial charge in [-0.25, -0.2) is 4.79 Å². The molecule has 2 aromatic heterocycles. The first-order chi connectivity index (χ1) is 15.8. The third kappa shape index (κ3) is 4.55. The van der Waals surface area contributed by atoms with Crippen molar-refractivity contribution in [3.63, 3.8) is 0 Å². The molecule has 0 aliphatic heterocycles. The van der Waals surface area contributed by atoms with Crippen molar-refractivity contribution in [2.45, 2.75) is 26.7 Å². The second-order valence-corrected chi connectivity index (χ2v) is 7.84. The lowest BCUT2D eigenvalue weighted by molar-refractivity contribution is 0.0729. The molecule has 34 heavy (non-hydrogen) atoms. The highest BCUT2D eigenvalue weighted by Gasteiger charge is 2.29. The summed E-state index contributed by atoms with van der Waals surface area (Å²) < 4.78 is 11.1. The summed E-state index contributed by atoms with van der Waals surface area (Å²) in [4.78, 5) is 37.9. The van der Waals surface area contributed by atoms with Crippen LogP contribution in [-0.2, 0) is 0 Å². The van der Waals surface area contributed by atoms with Crippen LogP contribution in [0.2, 0.25) is 0 Å². The lowest BCUT2D eigenvalue weighted by Gasteiger charge is -2.18. The Morgan fingerprint density at radius 3 is 1.94 bits per heavy atom. The molecule has 0 spiro atoms. The predicted octanol–water partition coefficient (Wildman–Crippen LogP) is 3.47. The summed E-state index contributed by atoms with van der Waals surface area (Å²) in [5, 5.41) is 10.8. The number of carbonyl (C=O) groups excluding carboxylic acids is 1. The van der Waals surface area contributed by atoms with Gasteiger partial charge in [0.15, 0.2) is 11.5 Å². The molecule has 0 fully saturated rings. The van der Waals surface area contributed by atoms with Gasteiger partial charge in [0.2, 0.25) is 0 Å². The van der Waals surface area contributed by atoms with Crippen LogP contribution >= 0.6 is 12.4 Å². The van der Waals surface area contributed by atoms with Crippen LogP contribution in [-0.4, -0.2) is 33.5 Å². The van der Waals surface area contributed by atoms with E-state index >= 15 is 0 Å². The lowest BCUT2D eigenvalue weighted by Crippen LogP contribution is -2.20. The van der Waals surface area contributed by atoms with Gasteiger partial charge in [0.1, 0.15) is 0 Å². The number of benzene rings is 2. The fraction of sp³-hybridized carbons (Fsp3) is 0.208. The molecule has 10 heteroatoms. The first-order valence-corrected chi connectivity index (χ1v) is 10.3. The number of nitrogens with one attached hydrogen (secondary N) is 4. The van der Waals surface area contributed by atoms with Gasteiger partial charge in [-0.3, -0.25) is 19.8 Å². The maximum atomic E-state index is 12.6. The first kappa shape index (κ1) is 24.7. The quantitative estimate of drug-likeness (QED) is 0.245. The zero-order chi connectivity index (χ0) is 23.7. The van der Waals surface area contributed by atoms with E-state index in [0.29, 0.717) is 39.4 Å². The molecule has 4 rings (SSSR count). The van der Waals surface area contributed by atoms with Crippen molar-refractivity contribution in [2.24, 2.45) is 0 Å². The van der Waals surface area contributed by atoms with Gasteiger partial charge in [-0.2, -0.15) is 0 Å². The van der Waals surface area contributed by atoms with Crippen molar-refractivity contribution in [1.29, 1.82) is 0 Å². The highest BCUT2D eigenvalue weighted by Crippen LogP contribution is 2.37. The van der Waals surface area contributed by atoms with Crippen molar-refractivity contribution in [1.82, 2.24) is 20.4 Å². The van der Waals surface area contributed by atoms with Crippen molar-refractivity contribution in [3.05, 3.63) is 102 Å². The number of methoxy groups -OCH3 is 1. The molecule has 4 N–H and O–H groups in total. The molecule has 0 aliphatic carbocycles. The maximum Gasteiger partial charge on any atom is 0.343 e. The highest BCUT2D eigenvalue weighted by atomic mass is 35.5. The summed E-state index contributed by atoms with van der Waals surface area (Å²) >= 11 is 0. The average Bonchev–Trinajstić information content (AvgIpc) is 3.30. The second kappa shape index (κ2) is 9.88. The number of aryl methyl sites for hydroxylation is 3. The smallest absolute Gasteiger partial charge is 0.343 e. The van der Waals surface area contributed by atoms with Crippen LogP contribution in [0.5, 0.6) is 11.5 Å². The summed E-state index contributed by atoms with van der Waals surface area (Å²) in [6, 6.07) is 12.1. The van der Waals surface area contributed by atoms with Crippen molar-refractivity contribution < 1.29 is 14.3 Å². The molecule has 0 aliphatic rings. The van der Waals surface area contributed by atoms with Crippen LogP contribution < -0.4 is 20.6 Å². The summed E-state index contributed by atoms with van der Waals surface area (Å²) in [5.74, 6) is -0.666. The zero-order valence-corrected chi connectivity index (χ0v) is 19.9. The average molecular weight is 485 g/mol. The van der Waals surface area contributed by atoms with Crippen molar-refractivity contribution in [3.8, 4) is 11.5 Å². The maximum absolute atomic E-state index is 12.6. The van der Waals surface area contributed by atoms with E-state index in [1.54, 1.807) is 50.2 Å². The molecule has 0 saturated carbocycles. The van der Waals surface area contributed by atoms with Gasteiger partial charge in [-0.05, 0) is 50.6 Å². The Labute approximate surface area is 200 Å². The molecule has 9 nitrogen and oxygen atoms in total. The predicted molar refractivity (Wildman–Crippen MR) is 130 cm³/mol. The molecule has 2 heterocycles. The monoisotopic (exact) mass is 484 g/mol. The number of rotatable bonds is 6. The van der Waals surface area contributed by atoms with Crippen LogP contribution in [0, 0.1) is 20.8 Å². The standard InChI is InChI=1S/C24H24N4O5.ClH/c1-12-6-5-7-16(10-12)24(31)33-17-9-8-15(11-18(17)32-4)21(19-13(2)25-27-22(19)29)20-14(3)26-28-23(20)30;/h5-11,21H,1-4H3,(H2,25,27,29)(H2,26,28,30);1H. The van der Waals surface area contributed by atoms with Gasteiger partial charge in [-0.1, -0.05) is 23.8 Å². The Hall–Kier alpha value is -3.98. The summed E-state index contributed by atoms with van der Waals surface area (Å²) in [5.41, 5.74) is 3.38. The minimum Gasteiger partial charge on any atom is -0.493 e. The van der Waals surface area contributed by atoms with Crippen LogP contribution in [0.1, 0.15) is 49.9 Å². The topological polar surface area (TPSA) is 133 Å². The Kier molecular flexibility index (Phi) is 7.17. The molecule has 0 radical (unpaired) electrons. The van der Waals surface area contributed by atoms with Gasteiger partial charge < -0.3 is 19.7 Å². The second-order valence-electron chi connectivity index (χ2n) is 7.84. The Morgan fingerprint density at radius 2 is 1.44 bits per heavy atom. The number of hydrogen-bond acceptors (Lipinski definition) is 5. The SMILES string of the molecule is COc1cc(C(c2c(C)[nH][nH]c2=O)c2c(C)[nH][nH]c2=O)ccc1OC(=O)c1cccc(C)c1.Cl. The fourth-order valence-electron chi connectivity index (χ4n) is 3.96. The Morgan fingerprint density at radius 1 is 0.824 bits per heavy atom. The molecular formula is C24H25ClN4O5. The van der Waals surface area contributed by atoms with Gasteiger partial charge >= 0.3 is 5.97 Å². The van der Waals surface area contributed by atoms with E-state index in [-0.39, 0.29) is 29.3 Å². The summed E-state index contributed by atoms with van der Waals surface area (Å²) in [6.07, 6.45) is 0. The van der Waals surface area contributed by atoms with Crippen molar-refractivity contribution in [2.75, 3.05) is 7.11 Å². The van der Waals surface area contributed by atoms with Crippen LogP contribution in [0.25, 0.3) is 0 Å². The van der Waals surface area contributed by atoms with Gasteiger partial charge in [0, 0.05) is 17.3 Å². The molecule has 178 valence electrons. The van der Waals surface area contributed by atoms with Crippen LogP contribution in [0.3, 0.4) is 0 Å². The number of hydrogen-bond donors (Lipinski definition) is 4. The van der Waals surface area contributed by atoms with E-state index in [1.807, 2.05) is 13.0 Å². The molecule has 2 aromatic carbocycles. The minimum absolute atomic E-state index is 0. The summed E-state index contributed by atoms with van der Waals surface area (Å²) in [6.45, 7) is 5.40. The summed E-state index contributed by atoms with van der Waals surface area (Å²) in [7, 11) is 1.46. The number of esters is 1. The number of aromatic nitrogens is 4. The molecule has 0 amide bonds. The number of halogens is 1. The molecule has 0 unspecified atom stereocenters. The highest BCUT2D eigenvalue weighted by molar-refractivity contribution is 5.91. The lowest BCUT2D eigenvalue weighted by atomic mass is 9.85. The van der Waals surface area contributed by atoms with Gasteiger partial charge in [0.25, 0.3) is 11.1 Å². The third-order valence-corrected chi connectivity index (χ3v) is 5.58. The molecule has 4 aromatic rings. The number of aromatic amines is 4. The first-order valence-electron chi connectivity index (χ1n) is 10.3. The van der Waals surface area contributed by atoms with E-state index in [4.69, 9.17) is 9.47 Å². The third-order valence-electron chi connectivity index (χ3n) is 5.58. The minimum atomic E-state index is -0.676. The molecule has 0 saturated heterocycles.